The third kappa shape index (κ3) is 2.14. The molecule has 1 atom stereocenters. The van der Waals surface area contributed by atoms with E-state index in [-0.39, 0.29) is 6.04 Å². The van der Waals surface area contributed by atoms with Gasteiger partial charge in [-0.15, -0.1) is 0 Å². The molecule has 4 nitrogen and oxygen atoms in total. The van der Waals surface area contributed by atoms with E-state index in [0.29, 0.717) is 0 Å². The lowest BCUT2D eigenvalue weighted by Crippen LogP contribution is -2.30. The summed E-state index contributed by atoms with van der Waals surface area (Å²) in [6.07, 6.45) is 7.60. The Kier molecular flexibility index (Phi) is 2.84. The fourth-order valence-corrected chi connectivity index (χ4v) is 1.58. The van der Waals surface area contributed by atoms with Crippen LogP contribution in [0.25, 0.3) is 0 Å². The summed E-state index contributed by atoms with van der Waals surface area (Å²) >= 11 is 0. The molecule has 1 aromatic rings. The van der Waals surface area contributed by atoms with Gasteiger partial charge in [-0.25, -0.2) is 0 Å². The van der Waals surface area contributed by atoms with Crippen LogP contribution in [0.2, 0.25) is 0 Å². The Hall–Kier alpha value is -1.29. The van der Waals surface area contributed by atoms with Crippen molar-refractivity contribution in [3.63, 3.8) is 0 Å². The summed E-state index contributed by atoms with van der Waals surface area (Å²) in [4.78, 5) is 0. The Balaban J connectivity index is 1.95. The van der Waals surface area contributed by atoms with Crippen LogP contribution in [0.5, 0.6) is 0 Å². The molecule has 76 valence electrons. The molecule has 4 heteroatoms. The van der Waals surface area contributed by atoms with Crippen LogP contribution in [-0.2, 0) is 11.3 Å². The summed E-state index contributed by atoms with van der Waals surface area (Å²) in [5.41, 5.74) is 7.22. The van der Waals surface area contributed by atoms with Crippen molar-refractivity contribution < 1.29 is 4.74 Å². The molecule has 0 amide bonds. The van der Waals surface area contributed by atoms with Gasteiger partial charge in [-0.2, -0.15) is 5.10 Å². The fourth-order valence-electron chi connectivity index (χ4n) is 1.58. The third-order valence-corrected chi connectivity index (χ3v) is 2.38. The van der Waals surface area contributed by atoms with Crippen molar-refractivity contribution in [1.29, 1.82) is 0 Å². The average Bonchev–Trinajstić information content (AvgIpc) is 2.72. The Bertz CT molecular complexity index is 305. The maximum atomic E-state index is 6.03. The van der Waals surface area contributed by atoms with Crippen molar-refractivity contribution in [2.24, 2.45) is 5.73 Å². The van der Waals surface area contributed by atoms with Crippen molar-refractivity contribution in [1.82, 2.24) is 9.78 Å². The van der Waals surface area contributed by atoms with E-state index in [1.807, 2.05) is 16.9 Å². The van der Waals surface area contributed by atoms with Gasteiger partial charge in [0.25, 0.3) is 0 Å². The molecule has 2 N–H and O–H groups in total. The molecule has 1 aromatic heterocycles. The van der Waals surface area contributed by atoms with E-state index in [1.54, 1.807) is 12.5 Å². The lowest BCUT2D eigenvalue weighted by molar-refractivity contribution is 0.220. The van der Waals surface area contributed by atoms with E-state index in [0.717, 1.165) is 26.0 Å². The second kappa shape index (κ2) is 4.28. The van der Waals surface area contributed by atoms with Crippen molar-refractivity contribution >= 4 is 0 Å². The molecule has 1 unspecified atom stereocenters. The molecule has 0 saturated carbocycles. The first-order chi connectivity index (χ1) is 6.86. The predicted octanol–water partition coefficient (Wildman–Crippen LogP) is 0.905. The third-order valence-electron chi connectivity index (χ3n) is 2.38. The zero-order valence-corrected chi connectivity index (χ0v) is 8.10. The minimum atomic E-state index is 0.0233. The largest absolute Gasteiger partial charge is 0.501 e. The molecule has 2 heterocycles. The van der Waals surface area contributed by atoms with Crippen LogP contribution in [0.15, 0.2) is 30.3 Å². The van der Waals surface area contributed by atoms with Crippen molar-refractivity contribution in [2.45, 2.75) is 25.4 Å². The van der Waals surface area contributed by atoms with Gasteiger partial charge in [0.15, 0.2) is 0 Å². The van der Waals surface area contributed by atoms with Gasteiger partial charge in [-0.05, 0) is 24.5 Å². The highest BCUT2D eigenvalue weighted by Crippen LogP contribution is 2.15. The number of nitrogens with zero attached hydrogens (tertiary/aromatic N) is 2. The first-order valence-corrected chi connectivity index (χ1v) is 4.90. The molecule has 0 aliphatic carbocycles. The monoisotopic (exact) mass is 193 g/mol. The van der Waals surface area contributed by atoms with Gasteiger partial charge in [-0.1, -0.05) is 0 Å². The minimum absolute atomic E-state index is 0.0233. The summed E-state index contributed by atoms with van der Waals surface area (Å²) in [5, 5.41) is 4.12. The Labute approximate surface area is 83.4 Å². The number of nitrogens with two attached hydrogens (primary N) is 1. The summed E-state index contributed by atoms with van der Waals surface area (Å²) in [7, 11) is 0. The van der Waals surface area contributed by atoms with Gasteiger partial charge in [-0.3, -0.25) is 4.68 Å². The molecule has 0 bridgehead atoms. The maximum absolute atomic E-state index is 6.03. The average molecular weight is 193 g/mol. The smallest absolute Gasteiger partial charge is 0.0876 e. The van der Waals surface area contributed by atoms with Crippen LogP contribution in [0.1, 0.15) is 12.8 Å². The van der Waals surface area contributed by atoms with E-state index >= 15 is 0 Å². The van der Waals surface area contributed by atoms with Gasteiger partial charge in [0, 0.05) is 18.4 Å². The summed E-state index contributed by atoms with van der Waals surface area (Å²) in [6, 6.07) is 1.92. The molecule has 0 spiro atoms. The summed E-state index contributed by atoms with van der Waals surface area (Å²) in [5.74, 6) is 0. The Morgan fingerprint density at radius 2 is 2.57 bits per heavy atom. The molecule has 0 aromatic carbocycles. The van der Waals surface area contributed by atoms with Crippen LogP contribution < -0.4 is 5.73 Å². The Morgan fingerprint density at radius 3 is 3.21 bits per heavy atom. The lowest BCUT2D eigenvalue weighted by atomic mass is 10.0. The van der Waals surface area contributed by atoms with Crippen LogP contribution >= 0.6 is 0 Å². The first kappa shape index (κ1) is 9.27. The number of hydrogen-bond donors (Lipinski definition) is 1. The molecule has 1 aliphatic rings. The van der Waals surface area contributed by atoms with Gasteiger partial charge in [0.05, 0.1) is 19.4 Å². The second-order valence-corrected chi connectivity index (χ2v) is 3.50. The van der Waals surface area contributed by atoms with E-state index in [2.05, 4.69) is 5.10 Å². The molecule has 2 rings (SSSR count). The van der Waals surface area contributed by atoms with E-state index in [1.165, 1.54) is 5.57 Å². The highest BCUT2D eigenvalue weighted by atomic mass is 16.5. The predicted molar refractivity (Wildman–Crippen MR) is 53.5 cm³/mol. The number of ether oxygens (including phenoxy) is 1. The zero-order valence-electron chi connectivity index (χ0n) is 8.10. The molecule has 1 aliphatic heterocycles. The topological polar surface area (TPSA) is 53.1 Å². The molecule has 0 radical (unpaired) electrons. The standard InChI is InChI=1S/C10H15N3O/c11-10(7-13-5-2-4-12-13)9-3-1-6-14-8-9/h2,4-5,8,10H,1,3,6-7,11H2. The molecular weight excluding hydrogens is 178 g/mol. The number of hydrogen-bond acceptors (Lipinski definition) is 3. The van der Waals surface area contributed by atoms with Crippen molar-refractivity contribution in [3.8, 4) is 0 Å². The van der Waals surface area contributed by atoms with Crippen LogP contribution in [-0.4, -0.2) is 22.4 Å². The molecule has 14 heavy (non-hydrogen) atoms. The SMILES string of the molecule is NC(Cn1cccn1)C1=COCCC1. The maximum Gasteiger partial charge on any atom is 0.0876 e. The van der Waals surface area contributed by atoms with Crippen LogP contribution in [0, 0.1) is 0 Å². The first-order valence-electron chi connectivity index (χ1n) is 4.90. The highest BCUT2D eigenvalue weighted by Gasteiger charge is 2.13. The molecule has 0 fully saturated rings. The highest BCUT2D eigenvalue weighted by molar-refractivity contribution is 5.08. The van der Waals surface area contributed by atoms with Crippen molar-refractivity contribution in [2.75, 3.05) is 6.61 Å². The van der Waals surface area contributed by atoms with Crippen LogP contribution in [0.3, 0.4) is 0 Å². The second-order valence-electron chi connectivity index (χ2n) is 3.50. The van der Waals surface area contributed by atoms with E-state index in [9.17, 15) is 0 Å². The molecular formula is C10H15N3O. The number of aromatic nitrogens is 2. The molecule has 0 saturated heterocycles. The van der Waals surface area contributed by atoms with Crippen LogP contribution in [0.4, 0.5) is 0 Å². The van der Waals surface area contributed by atoms with Gasteiger partial charge in [0.2, 0.25) is 0 Å². The summed E-state index contributed by atoms with van der Waals surface area (Å²) < 4.78 is 7.10. The van der Waals surface area contributed by atoms with E-state index < -0.39 is 0 Å². The number of rotatable bonds is 3. The van der Waals surface area contributed by atoms with Gasteiger partial charge in [0.1, 0.15) is 0 Å². The minimum Gasteiger partial charge on any atom is -0.501 e. The zero-order chi connectivity index (χ0) is 9.80. The fraction of sp³-hybridized carbons (Fsp3) is 0.500. The quantitative estimate of drug-likeness (QED) is 0.776. The van der Waals surface area contributed by atoms with Gasteiger partial charge < -0.3 is 10.5 Å². The lowest BCUT2D eigenvalue weighted by Gasteiger charge is -2.19. The van der Waals surface area contributed by atoms with Crippen molar-refractivity contribution in [3.05, 3.63) is 30.3 Å². The van der Waals surface area contributed by atoms with Gasteiger partial charge >= 0.3 is 0 Å². The summed E-state index contributed by atoms with van der Waals surface area (Å²) in [6.45, 7) is 1.54. The Morgan fingerprint density at radius 1 is 1.64 bits per heavy atom. The normalized spacial score (nSPS) is 18.5. The van der Waals surface area contributed by atoms with E-state index in [4.69, 9.17) is 10.5 Å².